The van der Waals surface area contributed by atoms with Crippen LogP contribution in [-0.2, 0) is 6.42 Å². The molecule has 90 valence electrons. The zero-order chi connectivity index (χ0) is 11.8. The van der Waals surface area contributed by atoms with Crippen molar-refractivity contribution in [3.8, 4) is 0 Å². The molecule has 0 fully saturated rings. The Bertz CT molecular complexity index is 279. The summed E-state index contributed by atoms with van der Waals surface area (Å²) < 4.78 is 0. The summed E-state index contributed by atoms with van der Waals surface area (Å²) in [5.74, 6) is 5.41. The molecule has 0 aromatic heterocycles. The van der Waals surface area contributed by atoms with E-state index in [9.17, 15) is 0 Å². The number of aryl methyl sites for hydroxylation is 1. The molecule has 3 N–H and O–H groups in total. The lowest BCUT2D eigenvalue weighted by atomic mass is 10.0. The van der Waals surface area contributed by atoms with Crippen LogP contribution in [0.4, 0.5) is 0 Å². The second-order valence-corrected chi connectivity index (χ2v) is 4.44. The van der Waals surface area contributed by atoms with E-state index in [-0.39, 0.29) is 6.04 Å². The molecule has 0 saturated carbocycles. The van der Waals surface area contributed by atoms with Crippen molar-refractivity contribution in [3.63, 3.8) is 0 Å². The van der Waals surface area contributed by atoms with Gasteiger partial charge in [-0.05, 0) is 30.9 Å². The van der Waals surface area contributed by atoms with Gasteiger partial charge in [0.1, 0.15) is 0 Å². The number of hydrogen-bond donors (Lipinski definition) is 2. The average molecular weight is 220 g/mol. The summed E-state index contributed by atoms with van der Waals surface area (Å²) in [6.07, 6.45) is 6.51. The van der Waals surface area contributed by atoms with Gasteiger partial charge in [-0.2, -0.15) is 0 Å². The predicted octanol–water partition coefficient (Wildman–Crippen LogP) is 3.33. The lowest BCUT2D eigenvalue weighted by molar-refractivity contribution is 0.602. The molecule has 0 aliphatic carbocycles. The SMILES string of the molecule is CCCCCCc1ccc(C(C)NN)cc1. The first kappa shape index (κ1) is 13.2. The maximum absolute atomic E-state index is 5.41. The third-order valence-corrected chi connectivity index (χ3v) is 3.05. The van der Waals surface area contributed by atoms with Gasteiger partial charge >= 0.3 is 0 Å². The van der Waals surface area contributed by atoms with Crippen molar-refractivity contribution >= 4 is 0 Å². The van der Waals surface area contributed by atoms with Gasteiger partial charge in [-0.15, -0.1) is 0 Å². The number of nitrogens with two attached hydrogens (primary N) is 1. The number of nitrogens with one attached hydrogen (secondary N) is 1. The third-order valence-electron chi connectivity index (χ3n) is 3.05. The Morgan fingerprint density at radius 2 is 1.81 bits per heavy atom. The van der Waals surface area contributed by atoms with Crippen molar-refractivity contribution in [1.82, 2.24) is 5.43 Å². The summed E-state index contributed by atoms with van der Waals surface area (Å²) >= 11 is 0. The van der Waals surface area contributed by atoms with Crippen LogP contribution in [0.2, 0.25) is 0 Å². The molecule has 1 atom stereocenters. The molecule has 0 spiro atoms. The van der Waals surface area contributed by atoms with Gasteiger partial charge in [-0.25, -0.2) is 0 Å². The van der Waals surface area contributed by atoms with Crippen LogP contribution in [0.3, 0.4) is 0 Å². The molecular weight excluding hydrogens is 196 g/mol. The second kappa shape index (κ2) is 7.42. The van der Waals surface area contributed by atoms with E-state index in [0.717, 1.165) is 0 Å². The van der Waals surface area contributed by atoms with Crippen molar-refractivity contribution in [2.24, 2.45) is 5.84 Å². The van der Waals surface area contributed by atoms with Crippen molar-refractivity contribution in [3.05, 3.63) is 35.4 Å². The van der Waals surface area contributed by atoms with Crippen LogP contribution in [0, 0.1) is 0 Å². The lowest BCUT2D eigenvalue weighted by Gasteiger charge is -2.10. The molecule has 2 nitrogen and oxygen atoms in total. The third kappa shape index (κ3) is 4.33. The standard InChI is InChI=1S/C14H24N2/c1-3-4-5-6-7-13-8-10-14(11-9-13)12(2)16-15/h8-12,16H,3-7,15H2,1-2H3. The Morgan fingerprint density at radius 1 is 1.12 bits per heavy atom. The van der Waals surface area contributed by atoms with E-state index in [4.69, 9.17) is 5.84 Å². The van der Waals surface area contributed by atoms with Gasteiger partial charge in [0.25, 0.3) is 0 Å². The van der Waals surface area contributed by atoms with E-state index in [0.29, 0.717) is 0 Å². The van der Waals surface area contributed by atoms with Crippen LogP contribution >= 0.6 is 0 Å². The monoisotopic (exact) mass is 220 g/mol. The van der Waals surface area contributed by atoms with Gasteiger partial charge in [0.15, 0.2) is 0 Å². The van der Waals surface area contributed by atoms with Gasteiger partial charge in [0, 0.05) is 6.04 Å². The average Bonchev–Trinajstić information content (AvgIpc) is 2.34. The zero-order valence-electron chi connectivity index (χ0n) is 10.5. The van der Waals surface area contributed by atoms with Crippen LogP contribution in [0.1, 0.15) is 56.7 Å². The highest BCUT2D eigenvalue weighted by Crippen LogP contribution is 2.14. The first-order chi connectivity index (χ1) is 7.77. The zero-order valence-corrected chi connectivity index (χ0v) is 10.5. The fourth-order valence-electron chi connectivity index (χ4n) is 1.83. The molecule has 1 unspecified atom stereocenters. The normalized spacial score (nSPS) is 12.7. The Kier molecular flexibility index (Phi) is 6.12. The fourth-order valence-corrected chi connectivity index (χ4v) is 1.83. The van der Waals surface area contributed by atoms with Crippen LogP contribution in [0.5, 0.6) is 0 Å². The van der Waals surface area contributed by atoms with Gasteiger partial charge in [-0.3, -0.25) is 11.3 Å². The largest absolute Gasteiger partial charge is 0.271 e. The molecule has 0 amide bonds. The quantitative estimate of drug-likeness (QED) is 0.420. The summed E-state index contributed by atoms with van der Waals surface area (Å²) in [5.41, 5.74) is 5.44. The van der Waals surface area contributed by atoms with E-state index in [1.807, 2.05) is 0 Å². The molecule has 0 aliphatic rings. The van der Waals surface area contributed by atoms with Crippen LogP contribution in [0.25, 0.3) is 0 Å². The molecule has 0 heterocycles. The Morgan fingerprint density at radius 3 is 2.38 bits per heavy atom. The Balaban J connectivity index is 2.39. The Hall–Kier alpha value is -0.860. The summed E-state index contributed by atoms with van der Waals surface area (Å²) in [4.78, 5) is 0. The van der Waals surface area contributed by atoms with Gasteiger partial charge in [0.05, 0.1) is 0 Å². The summed E-state index contributed by atoms with van der Waals surface area (Å²) in [7, 11) is 0. The molecule has 0 saturated heterocycles. The first-order valence-corrected chi connectivity index (χ1v) is 6.33. The molecule has 0 radical (unpaired) electrons. The van der Waals surface area contributed by atoms with Crippen molar-refractivity contribution < 1.29 is 0 Å². The lowest BCUT2D eigenvalue weighted by Crippen LogP contribution is -2.25. The summed E-state index contributed by atoms with van der Waals surface area (Å²) in [6.45, 7) is 4.31. The highest BCUT2D eigenvalue weighted by Gasteiger charge is 2.01. The number of hydrazine groups is 1. The highest BCUT2D eigenvalue weighted by molar-refractivity contribution is 5.24. The van der Waals surface area contributed by atoms with E-state index in [1.54, 1.807) is 0 Å². The van der Waals surface area contributed by atoms with Crippen LogP contribution < -0.4 is 11.3 Å². The second-order valence-electron chi connectivity index (χ2n) is 4.44. The van der Waals surface area contributed by atoms with E-state index < -0.39 is 0 Å². The van der Waals surface area contributed by atoms with E-state index in [2.05, 4.69) is 43.5 Å². The predicted molar refractivity (Wildman–Crippen MR) is 70.0 cm³/mol. The minimum atomic E-state index is 0.231. The minimum absolute atomic E-state index is 0.231. The number of rotatable bonds is 7. The molecule has 1 aromatic carbocycles. The van der Waals surface area contributed by atoms with E-state index in [1.165, 1.54) is 43.2 Å². The molecule has 2 heteroatoms. The van der Waals surface area contributed by atoms with Gasteiger partial charge < -0.3 is 0 Å². The number of unbranched alkanes of at least 4 members (excludes halogenated alkanes) is 3. The van der Waals surface area contributed by atoms with E-state index >= 15 is 0 Å². The maximum atomic E-state index is 5.41. The molecule has 1 rings (SSSR count). The maximum Gasteiger partial charge on any atom is 0.0431 e. The fraction of sp³-hybridized carbons (Fsp3) is 0.571. The number of benzene rings is 1. The molecule has 0 bridgehead atoms. The minimum Gasteiger partial charge on any atom is -0.271 e. The molecule has 1 aromatic rings. The van der Waals surface area contributed by atoms with Gasteiger partial charge in [-0.1, -0.05) is 50.5 Å². The van der Waals surface area contributed by atoms with Crippen molar-refractivity contribution in [2.45, 2.75) is 52.0 Å². The molecule has 16 heavy (non-hydrogen) atoms. The topological polar surface area (TPSA) is 38.0 Å². The molecular formula is C14H24N2. The van der Waals surface area contributed by atoms with Gasteiger partial charge in [0.2, 0.25) is 0 Å². The summed E-state index contributed by atoms with van der Waals surface area (Å²) in [6, 6.07) is 9.00. The smallest absolute Gasteiger partial charge is 0.0431 e. The highest BCUT2D eigenvalue weighted by atomic mass is 15.2. The number of hydrogen-bond acceptors (Lipinski definition) is 2. The van der Waals surface area contributed by atoms with Crippen LogP contribution in [0.15, 0.2) is 24.3 Å². The summed E-state index contributed by atoms with van der Waals surface area (Å²) in [5, 5.41) is 0. The first-order valence-electron chi connectivity index (χ1n) is 6.33. The van der Waals surface area contributed by atoms with Crippen LogP contribution in [-0.4, -0.2) is 0 Å². The molecule has 0 aliphatic heterocycles. The van der Waals surface area contributed by atoms with Crippen molar-refractivity contribution in [1.29, 1.82) is 0 Å². The van der Waals surface area contributed by atoms with Crippen molar-refractivity contribution in [2.75, 3.05) is 0 Å². The Labute approximate surface area is 99.2 Å².